The van der Waals surface area contributed by atoms with Crippen LogP contribution in [0, 0.1) is 0 Å². The van der Waals surface area contributed by atoms with Crippen molar-refractivity contribution in [3.8, 4) is 0 Å². The van der Waals surface area contributed by atoms with Crippen molar-refractivity contribution in [1.29, 1.82) is 0 Å². The molecule has 1 aromatic rings. The number of benzene rings is 1. The number of fused-ring (bicyclic) bond motifs is 1. The van der Waals surface area contributed by atoms with Crippen LogP contribution in [0.4, 0.5) is 5.69 Å². The van der Waals surface area contributed by atoms with Crippen molar-refractivity contribution in [2.75, 3.05) is 17.7 Å². The Morgan fingerprint density at radius 1 is 1.24 bits per heavy atom. The first-order valence-electron chi connectivity index (χ1n) is 8.78. The lowest BCUT2D eigenvalue weighted by Gasteiger charge is -2.22. The molecule has 2 aliphatic rings. The number of hydrogen-bond donors (Lipinski definition) is 1. The van der Waals surface area contributed by atoms with Gasteiger partial charge in [0.2, 0.25) is 11.8 Å². The highest BCUT2D eigenvalue weighted by Crippen LogP contribution is 2.30. The van der Waals surface area contributed by atoms with E-state index in [1.807, 2.05) is 0 Å². The van der Waals surface area contributed by atoms with Crippen molar-refractivity contribution >= 4 is 27.3 Å². The van der Waals surface area contributed by atoms with Gasteiger partial charge in [0, 0.05) is 25.2 Å². The molecule has 1 N–H and O–H groups in total. The molecule has 6 nitrogen and oxygen atoms in total. The van der Waals surface area contributed by atoms with Crippen LogP contribution in [0.2, 0.25) is 0 Å². The predicted octanol–water partition coefficient (Wildman–Crippen LogP) is 1.82. The molecule has 136 valence electrons. The standard InChI is InChI=1S/C18H24N2O4S/c1-20-16-8-7-15(11-13(16)12-18(20)22)25(23,24)10-9-17(21)19-14-5-3-2-4-6-14/h7-8,11,14H,2-6,9-10,12H2,1H3,(H,19,21). The SMILES string of the molecule is CN1C(=O)Cc2cc(S(=O)(=O)CCC(=O)NC3CCCCC3)ccc21. The van der Waals surface area contributed by atoms with Crippen molar-refractivity contribution in [2.45, 2.75) is 55.9 Å². The minimum atomic E-state index is -3.54. The second-order valence-corrected chi connectivity index (χ2v) is 9.00. The minimum absolute atomic E-state index is 0.0330. The molecule has 1 heterocycles. The normalized spacial score (nSPS) is 18.3. The number of nitrogens with zero attached hydrogens (tertiary/aromatic N) is 1. The van der Waals surface area contributed by atoms with Crippen molar-refractivity contribution in [3.05, 3.63) is 23.8 Å². The molecule has 25 heavy (non-hydrogen) atoms. The van der Waals surface area contributed by atoms with Crippen molar-refractivity contribution in [1.82, 2.24) is 5.32 Å². The molecule has 2 amide bonds. The number of carbonyl (C=O) groups is 2. The lowest BCUT2D eigenvalue weighted by Crippen LogP contribution is -2.36. The highest BCUT2D eigenvalue weighted by atomic mass is 32.2. The molecular weight excluding hydrogens is 340 g/mol. The van der Waals surface area contributed by atoms with E-state index >= 15 is 0 Å². The lowest BCUT2D eigenvalue weighted by molar-refractivity contribution is -0.121. The molecule has 0 aromatic heterocycles. The molecule has 7 heteroatoms. The highest BCUT2D eigenvalue weighted by molar-refractivity contribution is 7.91. The summed E-state index contributed by atoms with van der Waals surface area (Å²) in [6.45, 7) is 0. The number of likely N-dealkylation sites (N-methyl/N-ethyl adjacent to an activating group) is 1. The van der Waals surface area contributed by atoms with Crippen LogP contribution in [0.15, 0.2) is 23.1 Å². The molecule has 1 fully saturated rings. The number of anilines is 1. The fraction of sp³-hybridized carbons (Fsp3) is 0.556. The third-order valence-electron chi connectivity index (χ3n) is 5.06. The van der Waals surface area contributed by atoms with Gasteiger partial charge in [-0.05, 0) is 36.6 Å². The van der Waals surface area contributed by atoms with Crippen LogP contribution in [-0.2, 0) is 25.8 Å². The van der Waals surface area contributed by atoms with E-state index in [0.29, 0.717) is 0 Å². The van der Waals surface area contributed by atoms with Crippen LogP contribution < -0.4 is 10.2 Å². The molecule has 1 aromatic carbocycles. The zero-order valence-corrected chi connectivity index (χ0v) is 15.3. The lowest BCUT2D eigenvalue weighted by atomic mass is 9.95. The van der Waals surface area contributed by atoms with Gasteiger partial charge in [0.05, 0.1) is 17.1 Å². The summed E-state index contributed by atoms with van der Waals surface area (Å²) in [6.07, 6.45) is 5.58. The van der Waals surface area contributed by atoms with Crippen molar-refractivity contribution in [2.24, 2.45) is 0 Å². The summed E-state index contributed by atoms with van der Waals surface area (Å²) in [4.78, 5) is 25.5. The van der Waals surface area contributed by atoms with Gasteiger partial charge >= 0.3 is 0 Å². The first-order valence-corrected chi connectivity index (χ1v) is 10.4. The van der Waals surface area contributed by atoms with E-state index in [4.69, 9.17) is 0 Å². The Morgan fingerprint density at radius 3 is 2.68 bits per heavy atom. The number of sulfone groups is 1. The molecule has 1 aliphatic heterocycles. The number of rotatable bonds is 5. The highest BCUT2D eigenvalue weighted by Gasteiger charge is 2.26. The molecule has 3 rings (SSSR count). The largest absolute Gasteiger partial charge is 0.353 e. The van der Waals surface area contributed by atoms with Crippen LogP contribution in [0.3, 0.4) is 0 Å². The molecule has 0 unspecified atom stereocenters. The monoisotopic (exact) mass is 364 g/mol. The van der Waals surface area contributed by atoms with Crippen LogP contribution in [0.25, 0.3) is 0 Å². The molecular formula is C18H24N2O4S. The van der Waals surface area contributed by atoms with Gasteiger partial charge < -0.3 is 10.2 Å². The maximum absolute atomic E-state index is 12.5. The van der Waals surface area contributed by atoms with E-state index in [0.717, 1.165) is 36.9 Å². The smallest absolute Gasteiger partial charge is 0.231 e. The van der Waals surface area contributed by atoms with Crippen LogP contribution >= 0.6 is 0 Å². The van der Waals surface area contributed by atoms with Gasteiger partial charge in [-0.1, -0.05) is 19.3 Å². The average Bonchev–Trinajstić information content (AvgIpc) is 2.88. The Hall–Kier alpha value is -1.89. The van der Waals surface area contributed by atoms with E-state index in [2.05, 4.69) is 5.32 Å². The molecule has 0 radical (unpaired) electrons. The van der Waals surface area contributed by atoms with Gasteiger partial charge in [-0.25, -0.2) is 8.42 Å². The van der Waals surface area contributed by atoms with Gasteiger partial charge in [0.15, 0.2) is 9.84 Å². The van der Waals surface area contributed by atoms with Gasteiger partial charge in [-0.2, -0.15) is 0 Å². The summed E-state index contributed by atoms with van der Waals surface area (Å²) in [7, 11) is -1.86. The minimum Gasteiger partial charge on any atom is -0.353 e. The fourth-order valence-electron chi connectivity index (χ4n) is 3.53. The van der Waals surface area contributed by atoms with Crippen LogP contribution in [0.5, 0.6) is 0 Å². The Bertz CT molecular complexity index is 782. The van der Waals surface area contributed by atoms with Crippen molar-refractivity contribution in [3.63, 3.8) is 0 Å². The van der Waals surface area contributed by atoms with E-state index in [1.165, 1.54) is 17.4 Å². The average molecular weight is 364 g/mol. The number of amides is 2. The predicted molar refractivity (Wildman–Crippen MR) is 95.2 cm³/mol. The number of carbonyl (C=O) groups excluding carboxylic acids is 2. The van der Waals surface area contributed by atoms with E-state index in [-0.39, 0.29) is 41.3 Å². The summed E-state index contributed by atoms with van der Waals surface area (Å²) in [5.41, 5.74) is 1.47. The Balaban J connectivity index is 1.61. The second kappa shape index (κ2) is 7.15. The Labute approximate surface area is 148 Å². The molecule has 0 atom stereocenters. The summed E-state index contributed by atoms with van der Waals surface area (Å²) in [5, 5.41) is 2.94. The Kier molecular flexibility index (Phi) is 5.13. The maximum atomic E-state index is 12.5. The van der Waals surface area contributed by atoms with Gasteiger partial charge in [0.1, 0.15) is 0 Å². The second-order valence-electron chi connectivity index (χ2n) is 6.89. The summed E-state index contributed by atoms with van der Waals surface area (Å²) < 4.78 is 25.0. The van der Waals surface area contributed by atoms with Gasteiger partial charge in [-0.15, -0.1) is 0 Å². The van der Waals surface area contributed by atoms with Gasteiger partial charge in [-0.3, -0.25) is 9.59 Å². The molecule has 1 saturated carbocycles. The quantitative estimate of drug-likeness (QED) is 0.864. The van der Waals surface area contributed by atoms with Gasteiger partial charge in [0.25, 0.3) is 0 Å². The summed E-state index contributed by atoms with van der Waals surface area (Å²) in [6, 6.07) is 4.92. The third-order valence-corrected chi connectivity index (χ3v) is 6.77. The van der Waals surface area contributed by atoms with Crippen LogP contribution in [-0.4, -0.2) is 39.1 Å². The van der Waals surface area contributed by atoms with E-state index in [1.54, 1.807) is 19.2 Å². The molecule has 0 spiro atoms. The number of nitrogens with one attached hydrogen (secondary N) is 1. The third kappa shape index (κ3) is 4.03. The molecule has 0 saturated heterocycles. The summed E-state index contributed by atoms with van der Waals surface area (Å²) >= 11 is 0. The van der Waals surface area contributed by atoms with E-state index in [9.17, 15) is 18.0 Å². The zero-order chi connectivity index (χ0) is 18.0. The molecule has 1 aliphatic carbocycles. The Morgan fingerprint density at radius 2 is 1.96 bits per heavy atom. The van der Waals surface area contributed by atoms with Crippen molar-refractivity contribution < 1.29 is 18.0 Å². The molecule has 0 bridgehead atoms. The maximum Gasteiger partial charge on any atom is 0.231 e. The summed E-state index contributed by atoms with van der Waals surface area (Å²) in [5.74, 6) is -0.461. The van der Waals surface area contributed by atoms with Crippen LogP contribution in [0.1, 0.15) is 44.1 Å². The zero-order valence-electron chi connectivity index (χ0n) is 14.5. The van der Waals surface area contributed by atoms with E-state index < -0.39 is 9.84 Å². The topological polar surface area (TPSA) is 83.6 Å². The number of hydrogen-bond acceptors (Lipinski definition) is 4. The first-order chi connectivity index (χ1) is 11.9. The first kappa shape index (κ1) is 17.9. The fourth-order valence-corrected chi connectivity index (χ4v) is 4.82.